The summed E-state index contributed by atoms with van der Waals surface area (Å²) < 4.78 is 0. The van der Waals surface area contributed by atoms with Gasteiger partial charge in [-0.25, -0.2) is 4.79 Å². The first-order chi connectivity index (χ1) is 9.00. The third kappa shape index (κ3) is 5.74. The van der Waals surface area contributed by atoms with Crippen LogP contribution in [0.2, 0.25) is 0 Å². The number of carboxylic acid groups (broad SMARTS) is 1. The summed E-state index contributed by atoms with van der Waals surface area (Å²) in [6, 6.07) is 3.69. The Bertz CT molecular complexity index is 406. The van der Waals surface area contributed by atoms with Crippen LogP contribution in [-0.2, 0) is 4.79 Å². The summed E-state index contributed by atoms with van der Waals surface area (Å²) in [7, 11) is 0. The Morgan fingerprint density at radius 3 is 2.74 bits per heavy atom. The molecule has 19 heavy (non-hydrogen) atoms. The molecule has 0 aromatic carbocycles. The van der Waals surface area contributed by atoms with Crippen molar-refractivity contribution < 1.29 is 14.7 Å². The van der Waals surface area contributed by atoms with E-state index >= 15 is 0 Å². The molecular weight excluding hydrogens is 264 g/mol. The standard InChI is InChI=1S/C13H20N2O3S/c1-9(12(16)17)5-3-7-14-13(18)15-10(2)11-6-4-8-19-11/h4,6,8-10H,3,5,7H2,1-2H3,(H,16,17)(H2,14,15,18). The average Bonchev–Trinajstić information content (AvgIpc) is 2.87. The number of rotatable bonds is 7. The molecule has 5 nitrogen and oxygen atoms in total. The molecule has 0 aliphatic carbocycles. The van der Waals surface area contributed by atoms with Crippen LogP contribution in [0.5, 0.6) is 0 Å². The normalized spacial score (nSPS) is 13.6. The molecule has 0 fully saturated rings. The number of carbonyl (C=O) groups excluding carboxylic acids is 1. The third-order valence-electron chi connectivity index (χ3n) is 2.84. The number of aliphatic carboxylic acids is 1. The van der Waals surface area contributed by atoms with Gasteiger partial charge in [-0.1, -0.05) is 13.0 Å². The maximum Gasteiger partial charge on any atom is 0.315 e. The van der Waals surface area contributed by atoms with Crippen molar-refractivity contribution in [1.29, 1.82) is 0 Å². The smallest absolute Gasteiger partial charge is 0.315 e. The van der Waals surface area contributed by atoms with E-state index in [-0.39, 0.29) is 18.0 Å². The zero-order valence-electron chi connectivity index (χ0n) is 11.2. The lowest BCUT2D eigenvalue weighted by Gasteiger charge is -2.13. The van der Waals surface area contributed by atoms with Gasteiger partial charge in [-0.3, -0.25) is 4.79 Å². The number of carboxylic acids is 1. The second kappa shape index (κ2) is 7.78. The Morgan fingerprint density at radius 1 is 1.42 bits per heavy atom. The minimum absolute atomic E-state index is 0.0158. The lowest BCUT2D eigenvalue weighted by atomic mass is 10.1. The molecule has 0 spiro atoms. The number of carbonyl (C=O) groups is 2. The van der Waals surface area contributed by atoms with Crippen LogP contribution in [0, 0.1) is 5.92 Å². The van der Waals surface area contributed by atoms with Crippen molar-refractivity contribution in [3.05, 3.63) is 22.4 Å². The molecule has 0 saturated carbocycles. The highest BCUT2D eigenvalue weighted by atomic mass is 32.1. The molecule has 1 rings (SSSR count). The number of nitrogens with one attached hydrogen (secondary N) is 2. The molecule has 0 radical (unpaired) electrons. The van der Waals surface area contributed by atoms with E-state index in [1.54, 1.807) is 18.3 Å². The summed E-state index contributed by atoms with van der Waals surface area (Å²) in [5.41, 5.74) is 0. The molecule has 2 atom stereocenters. The average molecular weight is 284 g/mol. The van der Waals surface area contributed by atoms with Crippen molar-refractivity contribution in [2.45, 2.75) is 32.7 Å². The molecule has 3 N–H and O–H groups in total. The van der Waals surface area contributed by atoms with Crippen molar-refractivity contribution >= 4 is 23.3 Å². The molecule has 0 bridgehead atoms. The SMILES string of the molecule is CC(CCCNC(=O)NC(C)c1cccs1)C(=O)O. The maximum atomic E-state index is 11.6. The van der Waals surface area contributed by atoms with E-state index in [2.05, 4.69) is 10.6 Å². The van der Waals surface area contributed by atoms with Gasteiger partial charge in [0.1, 0.15) is 0 Å². The van der Waals surface area contributed by atoms with Crippen molar-refractivity contribution in [1.82, 2.24) is 10.6 Å². The number of hydrogen-bond acceptors (Lipinski definition) is 3. The fourth-order valence-electron chi connectivity index (χ4n) is 1.59. The first kappa shape index (κ1) is 15.5. The van der Waals surface area contributed by atoms with E-state index in [1.807, 2.05) is 24.4 Å². The van der Waals surface area contributed by atoms with Gasteiger partial charge in [-0.2, -0.15) is 0 Å². The molecule has 0 aliphatic heterocycles. The number of urea groups is 1. The van der Waals surface area contributed by atoms with Crippen LogP contribution in [0.25, 0.3) is 0 Å². The van der Waals surface area contributed by atoms with Crippen LogP contribution in [-0.4, -0.2) is 23.7 Å². The fourth-order valence-corrected chi connectivity index (χ4v) is 2.32. The van der Waals surface area contributed by atoms with E-state index in [9.17, 15) is 9.59 Å². The lowest BCUT2D eigenvalue weighted by Crippen LogP contribution is -2.37. The lowest BCUT2D eigenvalue weighted by molar-refractivity contribution is -0.141. The summed E-state index contributed by atoms with van der Waals surface area (Å²) >= 11 is 1.60. The van der Waals surface area contributed by atoms with Gasteiger partial charge in [0.15, 0.2) is 0 Å². The summed E-state index contributed by atoms with van der Waals surface area (Å²) in [5.74, 6) is -1.16. The minimum atomic E-state index is -0.796. The zero-order valence-corrected chi connectivity index (χ0v) is 12.0. The van der Waals surface area contributed by atoms with Gasteiger partial charge in [0.05, 0.1) is 12.0 Å². The number of thiophene rings is 1. The second-order valence-electron chi connectivity index (χ2n) is 4.52. The van der Waals surface area contributed by atoms with Crippen molar-refractivity contribution in [2.24, 2.45) is 5.92 Å². The molecule has 2 amide bonds. The van der Waals surface area contributed by atoms with Gasteiger partial charge in [0, 0.05) is 11.4 Å². The molecule has 2 unspecified atom stereocenters. The van der Waals surface area contributed by atoms with E-state index in [0.29, 0.717) is 19.4 Å². The maximum absolute atomic E-state index is 11.6. The van der Waals surface area contributed by atoms with E-state index in [4.69, 9.17) is 5.11 Å². The molecule has 1 heterocycles. The van der Waals surface area contributed by atoms with Crippen LogP contribution in [0.3, 0.4) is 0 Å². The molecule has 1 aromatic rings. The Labute approximate surface area is 117 Å². The first-order valence-corrected chi connectivity index (χ1v) is 7.19. The van der Waals surface area contributed by atoms with Crippen LogP contribution in [0.15, 0.2) is 17.5 Å². The van der Waals surface area contributed by atoms with Crippen molar-refractivity contribution in [2.75, 3.05) is 6.54 Å². The van der Waals surface area contributed by atoms with Crippen molar-refractivity contribution in [3.63, 3.8) is 0 Å². The van der Waals surface area contributed by atoms with Gasteiger partial charge >= 0.3 is 12.0 Å². The summed E-state index contributed by atoms with van der Waals surface area (Å²) in [6.07, 6.45) is 1.23. The summed E-state index contributed by atoms with van der Waals surface area (Å²) in [4.78, 5) is 23.3. The van der Waals surface area contributed by atoms with Gasteiger partial charge in [0.2, 0.25) is 0 Å². The van der Waals surface area contributed by atoms with E-state index < -0.39 is 5.97 Å². The predicted molar refractivity (Wildman–Crippen MR) is 75.3 cm³/mol. The fraction of sp³-hybridized carbons (Fsp3) is 0.538. The molecule has 106 valence electrons. The van der Waals surface area contributed by atoms with Crippen molar-refractivity contribution in [3.8, 4) is 0 Å². The monoisotopic (exact) mass is 284 g/mol. The Balaban J connectivity index is 2.16. The summed E-state index contributed by atoms with van der Waals surface area (Å²) in [6.45, 7) is 4.08. The Kier molecular flexibility index (Phi) is 6.35. The molecule has 0 aliphatic rings. The highest BCUT2D eigenvalue weighted by Crippen LogP contribution is 2.17. The van der Waals surface area contributed by atoms with E-state index in [1.165, 1.54) is 0 Å². The van der Waals surface area contributed by atoms with Crippen LogP contribution in [0.4, 0.5) is 4.79 Å². The number of hydrogen-bond donors (Lipinski definition) is 3. The highest BCUT2D eigenvalue weighted by molar-refractivity contribution is 7.10. The van der Waals surface area contributed by atoms with E-state index in [0.717, 1.165) is 4.88 Å². The zero-order chi connectivity index (χ0) is 14.3. The van der Waals surface area contributed by atoms with Gasteiger partial charge in [-0.15, -0.1) is 11.3 Å². The first-order valence-electron chi connectivity index (χ1n) is 6.31. The third-order valence-corrected chi connectivity index (χ3v) is 3.89. The molecule has 1 aromatic heterocycles. The van der Waals surface area contributed by atoms with Crippen LogP contribution in [0.1, 0.15) is 37.6 Å². The van der Waals surface area contributed by atoms with Gasteiger partial charge in [-0.05, 0) is 31.2 Å². The quantitative estimate of drug-likeness (QED) is 0.673. The van der Waals surface area contributed by atoms with Crippen LogP contribution >= 0.6 is 11.3 Å². The topological polar surface area (TPSA) is 78.4 Å². The Hall–Kier alpha value is -1.56. The summed E-state index contributed by atoms with van der Waals surface area (Å²) in [5, 5.41) is 16.3. The number of amides is 2. The Morgan fingerprint density at radius 2 is 2.16 bits per heavy atom. The van der Waals surface area contributed by atoms with Gasteiger partial charge < -0.3 is 15.7 Å². The second-order valence-corrected chi connectivity index (χ2v) is 5.50. The van der Waals surface area contributed by atoms with Crippen LogP contribution < -0.4 is 10.6 Å². The predicted octanol–water partition coefficient (Wildman–Crippen LogP) is 2.61. The largest absolute Gasteiger partial charge is 0.481 e. The molecule has 6 heteroatoms. The van der Waals surface area contributed by atoms with Gasteiger partial charge in [0.25, 0.3) is 0 Å². The highest BCUT2D eigenvalue weighted by Gasteiger charge is 2.11. The molecular formula is C13H20N2O3S. The molecule has 0 saturated heterocycles. The minimum Gasteiger partial charge on any atom is -0.481 e.